The summed E-state index contributed by atoms with van der Waals surface area (Å²) in [6.07, 6.45) is 4.94. The number of aromatic nitrogens is 1. The molecule has 1 aromatic heterocycles. The van der Waals surface area contributed by atoms with Crippen molar-refractivity contribution in [2.75, 3.05) is 21.3 Å². The van der Waals surface area contributed by atoms with Gasteiger partial charge < -0.3 is 9.47 Å². The molecule has 3 rings (SSSR count). The van der Waals surface area contributed by atoms with Crippen LogP contribution in [0.2, 0.25) is 0 Å². The molecule has 0 radical (unpaired) electrons. The molecule has 2 heterocycles. The van der Waals surface area contributed by atoms with Crippen molar-refractivity contribution < 1.29 is 14.3 Å². The quantitative estimate of drug-likeness (QED) is 0.718. The van der Waals surface area contributed by atoms with Gasteiger partial charge in [-0.1, -0.05) is 0 Å². The van der Waals surface area contributed by atoms with Crippen molar-refractivity contribution in [2.45, 2.75) is 6.10 Å². The predicted molar refractivity (Wildman–Crippen MR) is 67.4 cm³/mol. The topological polar surface area (TPSA) is 64.0 Å². The molecule has 1 amide bonds. The summed E-state index contributed by atoms with van der Waals surface area (Å²) >= 11 is 0. The number of rotatable bonds is 2. The molecule has 0 saturated heterocycles. The van der Waals surface area contributed by atoms with Gasteiger partial charge in [0.25, 0.3) is 5.91 Å². The summed E-state index contributed by atoms with van der Waals surface area (Å²) in [6.45, 7) is 0. The van der Waals surface area contributed by atoms with E-state index in [1.807, 2.05) is 12.2 Å². The third-order valence-corrected chi connectivity index (χ3v) is 3.26. The zero-order valence-electron chi connectivity index (χ0n) is 10.9. The van der Waals surface area contributed by atoms with Crippen molar-refractivity contribution in [3.8, 4) is 0 Å². The van der Waals surface area contributed by atoms with Crippen LogP contribution in [0.1, 0.15) is 16.1 Å². The van der Waals surface area contributed by atoms with E-state index in [4.69, 9.17) is 9.47 Å². The third kappa shape index (κ3) is 1.64. The van der Waals surface area contributed by atoms with E-state index in [0.29, 0.717) is 16.7 Å². The SMILES string of the molecule is COC1=Cc2ncc3c(c2=CC1OC)=NN(C)C3=O. The number of carbonyl (C=O) groups excluding carboxylic acids is 1. The van der Waals surface area contributed by atoms with E-state index in [2.05, 4.69) is 10.1 Å². The van der Waals surface area contributed by atoms with Crippen LogP contribution in [-0.4, -0.2) is 43.3 Å². The lowest BCUT2D eigenvalue weighted by Crippen LogP contribution is -2.36. The number of carbonyl (C=O) groups is 1. The smallest absolute Gasteiger partial charge is 0.277 e. The fourth-order valence-corrected chi connectivity index (χ4v) is 2.25. The molecule has 1 atom stereocenters. The minimum Gasteiger partial charge on any atom is -0.498 e. The molecule has 0 spiro atoms. The van der Waals surface area contributed by atoms with Crippen molar-refractivity contribution in [3.05, 3.63) is 33.8 Å². The van der Waals surface area contributed by atoms with Gasteiger partial charge in [0, 0.05) is 31.6 Å². The first-order chi connectivity index (χ1) is 9.15. The average molecular weight is 259 g/mol. The Balaban J connectivity index is 2.30. The largest absolute Gasteiger partial charge is 0.498 e. The summed E-state index contributed by atoms with van der Waals surface area (Å²) in [5.41, 5.74) is 1.25. The molecule has 98 valence electrons. The Kier molecular flexibility index (Phi) is 2.60. The molecule has 0 aromatic carbocycles. The highest BCUT2D eigenvalue weighted by atomic mass is 16.5. The van der Waals surface area contributed by atoms with Crippen molar-refractivity contribution >= 4 is 18.1 Å². The molecule has 1 aliphatic heterocycles. The summed E-state index contributed by atoms with van der Waals surface area (Å²) < 4.78 is 10.6. The number of hydrogen-bond donors (Lipinski definition) is 0. The first-order valence-corrected chi connectivity index (χ1v) is 5.81. The van der Waals surface area contributed by atoms with Crippen molar-refractivity contribution in [1.29, 1.82) is 0 Å². The average Bonchev–Trinajstić information content (AvgIpc) is 2.73. The fourth-order valence-electron chi connectivity index (χ4n) is 2.25. The summed E-state index contributed by atoms with van der Waals surface area (Å²) in [5, 5.41) is 7.02. The molecule has 0 fully saturated rings. The van der Waals surface area contributed by atoms with E-state index in [0.717, 1.165) is 10.9 Å². The monoisotopic (exact) mass is 259 g/mol. The van der Waals surface area contributed by atoms with Crippen LogP contribution >= 0.6 is 0 Å². The van der Waals surface area contributed by atoms with Gasteiger partial charge in [-0.25, -0.2) is 5.01 Å². The maximum atomic E-state index is 11.9. The first-order valence-electron chi connectivity index (χ1n) is 5.81. The van der Waals surface area contributed by atoms with Gasteiger partial charge in [-0.2, -0.15) is 5.10 Å². The third-order valence-electron chi connectivity index (χ3n) is 3.26. The molecule has 19 heavy (non-hydrogen) atoms. The Morgan fingerprint density at radius 3 is 2.84 bits per heavy atom. The minimum absolute atomic E-state index is 0.144. The van der Waals surface area contributed by atoms with E-state index in [1.165, 1.54) is 5.01 Å². The van der Waals surface area contributed by atoms with Gasteiger partial charge >= 0.3 is 0 Å². The van der Waals surface area contributed by atoms with Crippen LogP contribution in [0.5, 0.6) is 0 Å². The van der Waals surface area contributed by atoms with Crippen LogP contribution in [0.15, 0.2) is 17.1 Å². The maximum absolute atomic E-state index is 11.9. The van der Waals surface area contributed by atoms with Crippen molar-refractivity contribution in [3.63, 3.8) is 0 Å². The van der Waals surface area contributed by atoms with Crippen LogP contribution in [0.25, 0.3) is 12.2 Å². The highest BCUT2D eigenvalue weighted by Gasteiger charge is 2.25. The van der Waals surface area contributed by atoms with Crippen molar-refractivity contribution in [2.24, 2.45) is 5.10 Å². The zero-order chi connectivity index (χ0) is 13.6. The van der Waals surface area contributed by atoms with Gasteiger partial charge in [-0.3, -0.25) is 9.78 Å². The molecule has 2 aliphatic rings. The van der Waals surface area contributed by atoms with Crippen molar-refractivity contribution in [1.82, 2.24) is 9.99 Å². The molecule has 0 N–H and O–H groups in total. The number of ether oxygens (including phenoxy) is 2. The van der Waals surface area contributed by atoms with E-state index >= 15 is 0 Å². The van der Waals surface area contributed by atoms with E-state index < -0.39 is 0 Å². The lowest BCUT2D eigenvalue weighted by molar-refractivity contribution is 0.0816. The molecule has 6 nitrogen and oxygen atoms in total. The highest BCUT2D eigenvalue weighted by Crippen LogP contribution is 2.15. The van der Waals surface area contributed by atoms with Crippen LogP contribution < -0.4 is 10.6 Å². The second-order valence-electron chi connectivity index (χ2n) is 4.32. The number of fused-ring (bicyclic) bond motifs is 3. The Labute approximate surface area is 109 Å². The zero-order valence-corrected chi connectivity index (χ0v) is 10.9. The molecule has 0 bridgehead atoms. The van der Waals surface area contributed by atoms with Gasteiger partial charge in [0.15, 0.2) is 0 Å². The van der Waals surface area contributed by atoms with E-state index in [9.17, 15) is 4.79 Å². The van der Waals surface area contributed by atoms with E-state index in [-0.39, 0.29) is 12.0 Å². The Hall–Kier alpha value is -2.21. The van der Waals surface area contributed by atoms with Gasteiger partial charge in [-0.05, 0) is 6.08 Å². The molecular weight excluding hydrogens is 246 g/mol. The second kappa shape index (κ2) is 4.17. The Morgan fingerprint density at radius 2 is 2.16 bits per heavy atom. The number of hydrogen-bond acceptors (Lipinski definition) is 5. The molecule has 1 unspecified atom stereocenters. The van der Waals surface area contributed by atoms with Gasteiger partial charge in [0.1, 0.15) is 17.2 Å². The number of nitrogens with zero attached hydrogens (tertiary/aromatic N) is 3. The lowest BCUT2D eigenvalue weighted by atomic mass is 10.1. The van der Waals surface area contributed by atoms with Crippen LogP contribution in [0, 0.1) is 0 Å². The number of methoxy groups -OCH3 is 2. The highest BCUT2D eigenvalue weighted by molar-refractivity contribution is 5.95. The van der Waals surface area contributed by atoms with Crippen LogP contribution in [0.3, 0.4) is 0 Å². The fraction of sp³-hybridized carbons (Fsp3) is 0.308. The molecule has 1 aliphatic carbocycles. The normalized spacial score (nSPS) is 20.2. The number of amides is 1. The van der Waals surface area contributed by atoms with E-state index in [1.54, 1.807) is 27.5 Å². The first kappa shape index (κ1) is 11.9. The van der Waals surface area contributed by atoms with Crippen LogP contribution in [0.4, 0.5) is 0 Å². The lowest BCUT2D eigenvalue weighted by Gasteiger charge is -2.17. The van der Waals surface area contributed by atoms with Gasteiger partial charge in [-0.15, -0.1) is 0 Å². The maximum Gasteiger partial charge on any atom is 0.277 e. The summed E-state index contributed by atoms with van der Waals surface area (Å²) in [6, 6.07) is 0. The van der Waals surface area contributed by atoms with Gasteiger partial charge in [0.05, 0.1) is 18.4 Å². The standard InChI is InChI=1S/C13H13N3O3/c1-16-13(17)8-6-14-9-5-11(19-3)10(18-2)4-7(9)12(8)15-16/h4-6,10H,1-3H3. The summed E-state index contributed by atoms with van der Waals surface area (Å²) in [5.74, 6) is 0.536. The molecule has 6 heteroatoms. The van der Waals surface area contributed by atoms with Gasteiger partial charge in [0.2, 0.25) is 0 Å². The minimum atomic E-state index is -0.290. The molecular formula is C13H13N3O3. The molecule has 1 aromatic rings. The Bertz CT molecular complexity index is 709. The number of pyridine rings is 1. The Morgan fingerprint density at radius 1 is 1.37 bits per heavy atom. The molecule has 0 saturated carbocycles. The summed E-state index contributed by atoms with van der Waals surface area (Å²) in [7, 11) is 4.82. The predicted octanol–water partition coefficient (Wildman–Crippen LogP) is -0.502. The second-order valence-corrected chi connectivity index (χ2v) is 4.32. The van der Waals surface area contributed by atoms with Crippen LogP contribution in [-0.2, 0) is 9.47 Å². The summed E-state index contributed by atoms with van der Waals surface area (Å²) in [4.78, 5) is 16.2.